The first-order valence-corrected chi connectivity index (χ1v) is 3.24. The van der Waals surface area contributed by atoms with Crippen LogP contribution in [-0.2, 0) is 0 Å². The Morgan fingerprint density at radius 2 is 2.40 bits per heavy atom. The van der Waals surface area contributed by atoms with Gasteiger partial charge in [-0.1, -0.05) is 0 Å². The van der Waals surface area contributed by atoms with Gasteiger partial charge < -0.3 is 5.43 Å². The molecule has 5 heteroatoms. The van der Waals surface area contributed by atoms with Gasteiger partial charge in [-0.25, -0.2) is 10.4 Å². The average molecular weight is 158 g/mol. The Balaban J connectivity index is 3.80. The van der Waals surface area contributed by atoms with Gasteiger partial charge in [-0.3, -0.25) is 0 Å². The first-order chi connectivity index (χ1) is 4.70. The van der Waals surface area contributed by atoms with Crippen molar-refractivity contribution < 1.29 is 0 Å². The predicted octanol–water partition coefficient (Wildman–Crippen LogP) is -0.0917. The fourth-order valence-corrected chi connectivity index (χ4v) is 0.641. The quantitative estimate of drug-likeness (QED) is 0.228. The number of rotatable bonds is 2. The molecular weight excluding hydrogens is 148 g/mol. The number of hydrogen-bond donors (Lipinski definition) is 3. The van der Waals surface area contributed by atoms with Gasteiger partial charge in [0.1, 0.15) is 6.04 Å². The van der Waals surface area contributed by atoms with E-state index in [4.69, 9.17) is 5.26 Å². The maximum absolute atomic E-state index is 8.31. The molecular formula is C5H10N4S. The van der Waals surface area contributed by atoms with Gasteiger partial charge >= 0.3 is 0 Å². The summed E-state index contributed by atoms with van der Waals surface area (Å²) in [6, 6.07) is 1.60. The van der Waals surface area contributed by atoms with Crippen molar-refractivity contribution in [3.05, 3.63) is 0 Å². The predicted molar refractivity (Wildman–Crippen MR) is 43.7 cm³/mol. The Kier molecular flexibility index (Phi) is 4.72. The molecule has 0 heterocycles. The van der Waals surface area contributed by atoms with Gasteiger partial charge in [0.05, 0.1) is 6.07 Å². The van der Waals surface area contributed by atoms with Crippen LogP contribution in [0.5, 0.6) is 0 Å². The maximum atomic E-state index is 8.31. The highest BCUT2D eigenvalue weighted by molar-refractivity contribution is 7.96. The van der Waals surface area contributed by atoms with E-state index >= 15 is 0 Å². The molecule has 0 aliphatic carbocycles. The lowest BCUT2D eigenvalue weighted by molar-refractivity contribution is 0.768. The molecule has 10 heavy (non-hydrogen) atoms. The second-order valence-corrected chi connectivity index (χ2v) is 2.06. The van der Waals surface area contributed by atoms with Gasteiger partial charge in [0.25, 0.3) is 0 Å². The minimum absolute atomic E-state index is 0.353. The first kappa shape index (κ1) is 9.27. The van der Waals surface area contributed by atoms with Crippen LogP contribution in [0.1, 0.15) is 6.92 Å². The van der Waals surface area contributed by atoms with Crippen LogP contribution < -0.4 is 10.9 Å². The van der Waals surface area contributed by atoms with Crippen LogP contribution in [0.25, 0.3) is 0 Å². The summed E-state index contributed by atoms with van der Waals surface area (Å²) in [6.45, 7) is 1.69. The van der Waals surface area contributed by atoms with E-state index in [1.54, 1.807) is 14.0 Å². The second kappa shape index (κ2) is 5.09. The number of nitriles is 1. The van der Waals surface area contributed by atoms with Crippen LogP contribution in [0.2, 0.25) is 0 Å². The molecule has 56 valence electrons. The smallest absolute Gasteiger partial charge is 0.169 e. The zero-order valence-corrected chi connectivity index (χ0v) is 6.81. The van der Waals surface area contributed by atoms with Gasteiger partial charge in [0.2, 0.25) is 0 Å². The maximum Gasteiger partial charge on any atom is 0.169 e. The molecule has 0 amide bonds. The number of nitrogens with one attached hydrogen (secondary N) is 2. The molecule has 1 unspecified atom stereocenters. The minimum Gasteiger partial charge on any atom is -0.301 e. The van der Waals surface area contributed by atoms with Crippen molar-refractivity contribution in [3.63, 3.8) is 0 Å². The molecule has 0 saturated carbocycles. The van der Waals surface area contributed by atoms with E-state index in [2.05, 4.69) is 28.5 Å². The summed E-state index contributed by atoms with van der Waals surface area (Å²) in [6.07, 6.45) is 0. The molecule has 0 aliphatic rings. The number of hydrazine groups is 1. The molecule has 0 aromatic rings. The van der Waals surface area contributed by atoms with Crippen LogP contribution in [0.3, 0.4) is 0 Å². The summed E-state index contributed by atoms with van der Waals surface area (Å²) in [5, 5.41) is 8.73. The summed E-state index contributed by atoms with van der Waals surface area (Å²) in [5.74, 6) is 0. The van der Waals surface area contributed by atoms with E-state index in [-0.39, 0.29) is 6.04 Å². The highest BCUT2D eigenvalue weighted by atomic mass is 32.1. The second-order valence-electron chi connectivity index (χ2n) is 1.63. The van der Waals surface area contributed by atoms with Gasteiger partial charge in [0.15, 0.2) is 5.17 Å². The lowest BCUT2D eigenvalue weighted by Crippen LogP contribution is -2.31. The highest BCUT2D eigenvalue weighted by Crippen LogP contribution is 1.88. The zero-order chi connectivity index (χ0) is 7.98. The van der Waals surface area contributed by atoms with E-state index in [0.29, 0.717) is 5.17 Å². The molecule has 1 atom stereocenters. The summed E-state index contributed by atoms with van der Waals surface area (Å²) >= 11 is 3.93. The third kappa shape index (κ3) is 4.18. The number of aliphatic imine (C=N–C) groups is 1. The summed E-state index contributed by atoms with van der Waals surface area (Å²) in [4.78, 5) is 3.83. The van der Waals surface area contributed by atoms with Crippen molar-refractivity contribution in [2.75, 3.05) is 7.05 Å². The molecule has 0 fully saturated rings. The Morgan fingerprint density at radius 3 is 2.80 bits per heavy atom. The molecule has 0 aromatic heterocycles. The Morgan fingerprint density at radius 1 is 1.80 bits per heavy atom. The fraction of sp³-hybridized carbons (Fsp3) is 0.600. The van der Waals surface area contributed by atoms with Crippen molar-refractivity contribution in [3.8, 4) is 6.07 Å². The lowest BCUT2D eigenvalue weighted by Gasteiger charge is -2.01. The number of hydrogen-bond acceptors (Lipinski definition) is 3. The Hall–Kier alpha value is -0.730. The first-order valence-electron chi connectivity index (χ1n) is 2.80. The molecule has 0 bridgehead atoms. The third-order valence-electron chi connectivity index (χ3n) is 0.740. The summed E-state index contributed by atoms with van der Waals surface area (Å²) < 4.78 is 0. The Bertz CT molecular complexity index is 160. The standard InChI is InChI=1S/C5H10N4S/c1-4(3-6)8-5(10)9-7-2/h4,7H,1-2H3,(H2,8,9,10). The van der Waals surface area contributed by atoms with Crippen LogP contribution in [-0.4, -0.2) is 18.3 Å². The highest BCUT2D eigenvalue weighted by Gasteiger charge is 1.94. The Labute approximate surface area is 65.7 Å². The number of amidine groups is 1. The summed E-state index contributed by atoms with van der Waals surface area (Å²) in [5.41, 5.74) is 5.25. The van der Waals surface area contributed by atoms with Crippen LogP contribution in [0.4, 0.5) is 0 Å². The summed E-state index contributed by atoms with van der Waals surface area (Å²) in [7, 11) is 1.70. The largest absolute Gasteiger partial charge is 0.301 e. The van der Waals surface area contributed by atoms with E-state index in [1.165, 1.54) is 0 Å². The molecule has 4 nitrogen and oxygen atoms in total. The molecule has 0 saturated heterocycles. The topological polar surface area (TPSA) is 60.2 Å². The average Bonchev–Trinajstić information content (AvgIpc) is 1.88. The lowest BCUT2D eigenvalue weighted by atomic mass is 10.4. The van der Waals surface area contributed by atoms with Gasteiger partial charge in [-0.15, -0.1) is 12.6 Å². The van der Waals surface area contributed by atoms with E-state index in [1.807, 2.05) is 6.07 Å². The molecule has 2 N–H and O–H groups in total. The minimum atomic E-state index is -0.353. The monoisotopic (exact) mass is 158 g/mol. The third-order valence-corrected chi connectivity index (χ3v) is 0.967. The molecule has 0 aliphatic heterocycles. The fourth-order valence-electron chi connectivity index (χ4n) is 0.356. The molecule has 0 aromatic carbocycles. The zero-order valence-electron chi connectivity index (χ0n) is 5.92. The van der Waals surface area contributed by atoms with Gasteiger partial charge in [0, 0.05) is 7.05 Å². The molecule has 0 spiro atoms. The van der Waals surface area contributed by atoms with Crippen molar-refractivity contribution in [2.45, 2.75) is 13.0 Å². The van der Waals surface area contributed by atoms with Crippen molar-refractivity contribution in [2.24, 2.45) is 4.99 Å². The van der Waals surface area contributed by atoms with E-state index in [9.17, 15) is 0 Å². The number of nitrogens with zero attached hydrogens (tertiary/aromatic N) is 2. The van der Waals surface area contributed by atoms with E-state index in [0.717, 1.165) is 0 Å². The normalized spacial score (nSPS) is 14.0. The van der Waals surface area contributed by atoms with Crippen LogP contribution in [0, 0.1) is 11.3 Å². The molecule has 0 rings (SSSR count). The molecule has 0 radical (unpaired) electrons. The van der Waals surface area contributed by atoms with Crippen molar-refractivity contribution in [1.82, 2.24) is 10.9 Å². The SMILES string of the molecule is CNN/C(S)=N\C(C)C#N. The van der Waals surface area contributed by atoms with Gasteiger partial charge in [-0.2, -0.15) is 5.26 Å². The van der Waals surface area contributed by atoms with E-state index < -0.39 is 0 Å². The van der Waals surface area contributed by atoms with Crippen LogP contribution >= 0.6 is 12.6 Å². The van der Waals surface area contributed by atoms with Gasteiger partial charge in [-0.05, 0) is 6.92 Å². The number of thiol groups is 1. The van der Waals surface area contributed by atoms with Crippen molar-refractivity contribution >= 4 is 17.8 Å². The van der Waals surface area contributed by atoms with Crippen molar-refractivity contribution in [1.29, 1.82) is 5.26 Å². The van der Waals surface area contributed by atoms with Crippen LogP contribution in [0.15, 0.2) is 4.99 Å².